The molecule has 0 aromatic heterocycles. The topological polar surface area (TPSA) is 68.8 Å². The minimum Gasteiger partial charge on any atom is -0.198 e. The Balaban J connectivity index is 3.23. The van der Waals surface area contributed by atoms with Crippen molar-refractivity contribution in [2.45, 2.75) is 11.8 Å². The molecule has 0 aliphatic heterocycles. The normalized spacial score (nSPS) is 11.1. The van der Waals surface area contributed by atoms with Gasteiger partial charge in [-0.1, -0.05) is 17.7 Å². The van der Waals surface area contributed by atoms with E-state index in [2.05, 4.69) is 4.52 Å². The molecule has 1 radical (unpaired) electrons. The summed E-state index contributed by atoms with van der Waals surface area (Å²) >= 11 is 0. The Kier molecular flexibility index (Phi) is 2.23. The summed E-state index contributed by atoms with van der Waals surface area (Å²) in [5, 5.41) is 0. The molecule has 0 bridgehead atoms. The molecule has 0 saturated carbocycles. The number of aryl methyl sites for hydroxylation is 1. The van der Waals surface area contributed by atoms with Gasteiger partial charge in [-0.15, -0.1) is 0 Å². The molecule has 0 heterocycles. The van der Waals surface area contributed by atoms with E-state index in [9.17, 15) is 8.42 Å². The fourth-order valence-corrected chi connectivity index (χ4v) is 1.33. The second-order valence-electron chi connectivity index (χ2n) is 2.37. The van der Waals surface area contributed by atoms with E-state index in [1.807, 2.05) is 6.92 Å². The SMILES string of the molecule is Cc1ccc(S(=O)(=O)N=[N])cc1. The number of hydrogen-bond donors (Lipinski definition) is 0. The van der Waals surface area contributed by atoms with Gasteiger partial charge in [0.2, 0.25) is 0 Å². The van der Waals surface area contributed by atoms with Crippen molar-refractivity contribution in [1.29, 1.82) is 0 Å². The molecule has 0 spiro atoms. The highest BCUT2D eigenvalue weighted by atomic mass is 32.2. The third-order valence-corrected chi connectivity index (χ3v) is 2.51. The molecule has 0 aliphatic rings. The highest BCUT2D eigenvalue weighted by Crippen LogP contribution is 2.11. The Hall–Kier alpha value is -1.23. The van der Waals surface area contributed by atoms with Gasteiger partial charge in [-0.3, -0.25) is 0 Å². The molecule has 1 rings (SSSR count). The van der Waals surface area contributed by atoms with Crippen LogP contribution >= 0.6 is 0 Å². The Morgan fingerprint density at radius 2 is 1.75 bits per heavy atom. The molecule has 0 amide bonds. The van der Waals surface area contributed by atoms with Crippen LogP contribution in [0, 0.1) is 6.92 Å². The smallest absolute Gasteiger partial charge is 0.198 e. The number of rotatable bonds is 2. The molecule has 0 fully saturated rings. The first kappa shape index (κ1) is 8.86. The van der Waals surface area contributed by atoms with Gasteiger partial charge in [0.1, 0.15) is 0 Å². The molecule has 0 saturated heterocycles. The largest absolute Gasteiger partial charge is 0.301 e. The maximum absolute atomic E-state index is 10.9. The highest BCUT2D eigenvalue weighted by Gasteiger charge is 2.10. The van der Waals surface area contributed by atoms with E-state index in [0.717, 1.165) is 5.56 Å². The van der Waals surface area contributed by atoms with E-state index >= 15 is 0 Å². The summed E-state index contributed by atoms with van der Waals surface area (Å²) in [7, 11) is -3.83. The lowest BCUT2D eigenvalue weighted by molar-refractivity contribution is 0.595. The van der Waals surface area contributed by atoms with Crippen LogP contribution in [0.2, 0.25) is 0 Å². The minimum absolute atomic E-state index is 0.00407. The Morgan fingerprint density at radius 1 is 1.25 bits per heavy atom. The molecule has 4 nitrogen and oxygen atoms in total. The number of benzene rings is 1. The van der Waals surface area contributed by atoms with Crippen molar-refractivity contribution in [1.82, 2.24) is 5.53 Å². The van der Waals surface area contributed by atoms with Crippen molar-refractivity contribution < 1.29 is 8.42 Å². The van der Waals surface area contributed by atoms with Crippen molar-refractivity contribution in [3.8, 4) is 0 Å². The van der Waals surface area contributed by atoms with Gasteiger partial charge in [0.15, 0.2) is 0 Å². The molecular weight excluding hydrogens is 176 g/mol. The maximum Gasteiger partial charge on any atom is 0.301 e. The van der Waals surface area contributed by atoms with Gasteiger partial charge in [0, 0.05) is 0 Å². The maximum atomic E-state index is 10.9. The average molecular weight is 183 g/mol. The standard InChI is InChI=1S/C7H7N2O2S/c1-6-2-4-7(5-3-6)12(10,11)9-8/h2-5H,1H3. The number of hydrogen-bond acceptors (Lipinski definition) is 2. The zero-order chi connectivity index (χ0) is 9.19. The summed E-state index contributed by atoms with van der Waals surface area (Å²) in [6.07, 6.45) is 0. The summed E-state index contributed by atoms with van der Waals surface area (Å²) in [5.41, 5.74) is 9.10. The first-order valence-corrected chi connectivity index (χ1v) is 4.68. The van der Waals surface area contributed by atoms with Gasteiger partial charge in [-0.05, 0) is 29.1 Å². The van der Waals surface area contributed by atoms with Crippen LogP contribution in [-0.2, 0) is 10.0 Å². The van der Waals surface area contributed by atoms with Crippen LogP contribution in [0.3, 0.4) is 0 Å². The van der Waals surface area contributed by atoms with Crippen LogP contribution in [0.4, 0.5) is 0 Å². The van der Waals surface area contributed by atoms with E-state index in [0.29, 0.717) is 0 Å². The third-order valence-electron chi connectivity index (χ3n) is 1.43. The Labute approximate surface area is 70.8 Å². The van der Waals surface area contributed by atoms with E-state index in [-0.39, 0.29) is 4.90 Å². The monoisotopic (exact) mass is 183 g/mol. The predicted octanol–water partition coefficient (Wildman–Crippen LogP) is 0.936. The van der Waals surface area contributed by atoms with Crippen LogP contribution in [0.1, 0.15) is 5.56 Å². The fraction of sp³-hybridized carbons (Fsp3) is 0.143. The van der Waals surface area contributed by atoms with E-state index in [1.54, 1.807) is 12.1 Å². The molecule has 0 N–H and O–H groups in total. The quantitative estimate of drug-likeness (QED) is 0.640. The summed E-state index contributed by atoms with van der Waals surface area (Å²) in [6.45, 7) is 1.84. The molecular formula is C7H7N2O2S. The Bertz CT molecular complexity index is 380. The molecule has 0 aliphatic carbocycles. The van der Waals surface area contributed by atoms with Crippen LogP contribution < -0.4 is 5.53 Å². The molecule has 12 heavy (non-hydrogen) atoms. The van der Waals surface area contributed by atoms with E-state index < -0.39 is 10.0 Å². The van der Waals surface area contributed by atoms with Gasteiger partial charge >= 0.3 is 10.0 Å². The van der Waals surface area contributed by atoms with Gasteiger partial charge in [0.25, 0.3) is 0 Å². The van der Waals surface area contributed by atoms with Crippen molar-refractivity contribution in [3.05, 3.63) is 29.8 Å². The first-order valence-electron chi connectivity index (χ1n) is 3.24. The fourth-order valence-electron chi connectivity index (χ4n) is 0.757. The zero-order valence-corrected chi connectivity index (χ0v) is 7.25. The first-order chi connectivity index (χ1) is 5.56. The summed E-state index contributed by atoms with van der Waals surface area (Å²) in [4.78, 5) is -0.00407. The van der Waals surface area contributed by atoms with Crippen LogP contribution in [-0.4, -0.2) is 8.42 Å². The molecule has 1 aromatic rings. The highest BCUT2D eigenvalue weighted by molar-refractivity contribution is 7.90. The lowest BCUT2D eigenvalue weighted by Gasteiger charge is -1.95. The van der Waals surface area contributed by atoms with Crippen LogP contribution in [0.25, 0.3) is 0 Å². The van der Waals surface area contributed by atoms with E-state index in [1.165, 1.54) is 12.1 Å². The average Bonchev–Trinajstić information content (AvgIpc) is 2.05. The van der Waals surface area contributed by atoms with Crippen molar-refractivity contribution in [2.75, 3.05) is 0 Å². The van der Waals surface area contributed by atoms with Crippen LogP contribution in [0.15, 0.2) is 33.7 Å². The second-order valence-corrected chi connectivity index (χ2v) is 3.95. The van der Waals surface area contributed by atoms with Crippen molar-refractivity contribution in [2.24, 2.45) is 4.52 Å². The van der Waals surface area contributed by atoms with Gasteiger partial charge in [0.05, 0.1) is 4.90 Å². The van der Waals surface area contributed by atoms with Crippen LogP contribution in [0.5, 0.6) is 0 Å². The number of nitrogens with zero attached hydrogens (tertiary/aromatic N) is 2. The lowest BCUT2D eigenvalue weighted by Crippen LogP contribution is -1.95. The van der Waals surface area contributed by atoms with Gasteiger partial charge in [-0.2, -0.15) is 8.42 Å². The molecule has 0 atom stereocenters. The van der Waals surface area contributed by atoms with Crippen molar-refractivity contribution >= 4 is 10.0 Å². The van der Waals surface area contributed by atoms with E-state index in [4.69, 9.17) is 5.53 Å². The third kappa shape index (κ3) is 1.68. The lowest BCUT2D eigenvalue weighted by atomic mass is 10.2. The van der Waals surface area contributed by atoms with Gasteiger partial charge in [-0.25, -0.2) is 0 Å². The van der Waals surface area contributed by atoms with Gasteiger partial charge < -0.3 is 0 Å². The predicted molar refractivity (Wildman–Crippen MR) is 42.9 cm³/mol. The summed E-state index contributed by atoms with van der Waals surface area (Å²) in [6, 6.07) is 6.06. The number of sulfonamides is 1. The zero-order valence-electron chi connectivity index (χ0n) is 6.43. The summed E-state index contributed by atoms with van der Waals surface area (Å²) in [5.74, 6) is 0. The molecule has 63 valence electrons. The summed E-state index contributed by atoms with van der Waals surface area (Å²) < 4.78 is 24.1. The molecule has 1 aromatic carbocycles. The molecule has 5 heteroatoms. The van der Waals surface area contributed by atoms with Crippen molar-refractivity contribution in [3.63, 3.8) is 0 Å². The molecule has 0 unspecified atom stereocenters. The Morgan fingerprint density at radius 3 is 2.17 bits per heavy atom. The second kappa shape index (κ2) is 3.02. The minimum atomic E-state index is -3.83.